The van der Waals surface area contributed by atoms with Crippen molar-refractivity contribution in [1.82, 2.24) is 20.1 Å². The summed E-state index contributed by atoms with van der Waals surface area (Å²) in [5.74, 6) is 0. The number of hydrogen-bond acceptors (Lipinski definition) is 6. The van der Waals surface area contributed by atoms with Gasteiger partial charge in [0.15, 0.2) is 0 Å². The summed E-state index contributed by atoms with van der Waals surface area (Å²) in [4.78, 5) is 4.84. The van der Waals surface area contributed by atoms with Crippen LogP contribution in [0.5, 0.6) is 0 Å². The number of piperazine rings is 1. The van der Waals surface area contributed by atoms with Crippen LogP contribution in [0.2, 0.25) is 0 Å². The first-order chi connectivity index (χ1) is 9.01. The van der Waals surface area contributed by atoms with E-state index in [1.165, 1.54) is 11.3 Å². The lowest BCUT2D eigenvalue weighted by molar-refractivity contribution is 0.135. The lowest BCUT2D eigenvalue weighted by atomic mass is 10.3. The zero-order valence-electron chi connectivity index (χ0n) is 11.2. The van der Waals surface area contributed by atoms with Crippen LogP contribution in [0.3, 0.4) is 0 Å². The molecule has 2 rings (SSSR count). The number of nitrogens with zero attached hydrogens (tertiary/aromatic N) is 2. The smallest absolute Gasteiger partial charge is 0.262 e. The SMILES string of the molecule is CNCc1csc(S(=O)(=O)NN2CCN(C)CC2)c1. The van der Waals surface area contributed by atoms with E-state index in [0.717, 1.165) is 18.7 Å². The van der Waals surface area contributed by atoms with Crippen molar-refractivity contribution in [3.8, 4) is 0 Å². The van der Waals surface area contributed by atoms with Gasteiger partial charge >= 0.3 is 0 Å². The van der Waals surface area contributed by atoms with E-state index in [1.54, 1.807) is 11.1 Å². The monoisotopic (exact) mass is 304 g/mol. The highest BCUT2D eigenvalue weighted by atomic mass is 32.2. The number of sulfonamides is 1. The second-order valence-electron chi connectivity index (χ2n) is 4.69. The minimum absolute atomic E-state index is 0.372. The van der Waals surface area contributed by atoms with Crippen LogP contribution >= 0.6 is 11.3 Å². The molecule has 0 aromatic carbocycles. The maximum absolute atomic E-state index is 12.2. The predicted octanol–water partition coefficient (Wildman–Crippen LogP) is -0.0918. The number of rotatable bonds is 5. The van der Waals surface area contributed by atoms with Gasteiger partial charge in [-0.25, -0.2) is 13.4 Å². The summed E-state index contributed by atoms with van der Waals surface area (Å²) in [7, 11) is 0.452. The molecule has 1 fully saturated rings. The Balaban J connectivity index is 2.01. The van der Waals surface area contributed by atoms with E-state index in [2.05, 4.69) is 15.0 Å². The normalized spacial score (nSPS) is 18.8. The first-order valence-corrected chi connectivity index (χ1v) is 8.55. The largest absolute Gasteiger partial charge is 0.316 e. The lowest BCUT2D eigenvalue weighted by Gasteiger charge is -2.31. The molecule has 0 spiro atoms. The van der Waals surface area contributed by atoms with Gasteiger partial charge in [0, 0.05) is 32.7 Å². The van der Waals surface area contributed by atoms with Gasteiger partial charge in [-0.1, -0.05) is 0 Å². The zero-order valence-corrected chi connectivity index (χ0v) is 12.9. The quantitative estimate of drug-likeness (QED) is 0.796. The number of likely N-dealkylation sites (N-methyl/N-ethyl adjacent to an activating group) is 1. The summed E-state index contributed by atoms with van der Waals surface area (Å²) in [5, 5.41) is 6.65. The van der Waals surface area contributed by atoms with Crippen molar-refractivity contribution in [2.45, 2.75) is 10.8 Å². The van der Waals surface area contributed by atoms with E-state index in [4.69, 9.17) is 0 Å². The van der Waals surface area contributed by atoms with Crippen LogP contribution < -0.4 is 10.1 Å². The molecule has 1 aliphatic rings. The standard InChI is InChI=1S/C11H20N4O2S2/c1-12-8-10-7-11(18-9-10)19(16,17)13-15-5-3-14(2)4-6-15/h7,9,12-13H,3-6,8H2,1-2H3. The third-order valence-corrected chi connectivity index (χ3v) is 5.89. The fraction of sp³-hybridized carbons (Fsp3) is 0.636. The Morgan fingerprint density at radius 2 is 2.00 bits per heavy atom. The number of hydrogen-bond donors (Lipinski definition) is 2. The van der Waals surface area contributed by atoms with Crippen LogP contribution in [-0.2, 0) is 16.6 Å². The Labute approximate surface area is 118 Å². The third kappa shape index (κ3) is 3.98. The van der Waals surface area contributed by atoms with Crippen LogP contribution in [0, 0.1) is 0 Å². The maximum atomic E-state index is 12.2. The number of thiophene rings is 1. The molecule has 108 valence electrons. The van der Waals surface area contributed by atoms with Crippen molar-refractivity contribution in [2.75, 3.05) is 40.3 Å². The zero-order chi connectivity index (χ0) is 13.9. The summed E-state index contributed by atoms with van der Waals surface area (Å²) in [6.45, 7) is 3.85. The Morgan fingerprint density at radius 3 is 2.63 bits per heavy atom. The van der Waals surface area contributed by atoms with Crippen molar-refractivity contribution in [2.24, 2.45) is 0 Å². The molecule has 0 atom stereocenters. The van der Waals surface area contributed by atoms with Crippen molar-refractivity contribution >= 4 is 21.4 Å². The minimum Gasteiger partial charge on any atom is -0.316 e. The molecule has 1 aromatic rings. The summed E-state index contributed by atoms with van der Waals surface area (Å²) >= 11 is 1.26. The topological polar surface area (TPSA) is 64.7 Å². The van der Waals surface area contributed by atoms with Crippen LogP contribution in [0.1, 0.15) is 5.56 Å². The van der Waals surface area contributed by atoms with Crippen LogP contribution in [-0.4, -0.2) is 58.6 Å². The summed E-state index contributed by atoms with van der Waals surface area (Å²) in [6.07, 6.45) is 0. The second kappa shape index (κ2) is 6.29. The molecule has 0 bridgehead atoms. The number of nitrogens with one attached hydrogen (secondary N) is 2. The molecule has 2 heterocycles. The molecular formula is C11H20N4O2S2. The van der Waals surface area contributed by atoms with E-state index in [9.17, 15) is 8.42 Å². The van der Waals surface area contributed by atoms with Gasteiger partial charge in [0.05, 0.1) is 0 Å². The molecular weight excluding hydrogens is 284 g/mol. The first kappa shape index (κ1) is 14.9. The molecule has 1 saturated heterocycles. The number of hydrazine groups is 1. The molecule has 8 heteroatoms. The Kier molecular flexibility index (Phi) is 4.93. The molecule has 0 saturated carbocycles. The summed E-state index contributed by atoms with van der Waals surface area (Å²) in [6, 6.07) is 1.72. The van der Waals surface area contributed by atoms with Crippen molar-refractivity contribution < 1.29 is 8.42 Å². The van der Waals surface area contributed by atoms with Gasteiger partial charge in [-0.3, -0.25) is 0 Å². The highest BCUT2D eigenvalue weighted by Crippen LogP contribution is 2.20. The minimum atomic E-state index is -3.43. The van der Waals surface area contributed by atoms with Gasteiger partial charge in [0.1, 0.15) is 4.21 Å². The molecule has 0 unspecified atom stereocenters. The van der Waals surface area contributed by atoms with Gasteiger partial charge in [-0.15, -0.1) is 16.2 Å². The molecule has 0 amide bonds. The molecule has 19 heavy (non-hydrogen) atoms. The van der Waals surface area contributed by atoms with E-state index in [-0.39, 0.29) is 0 Å². The summed E-state index contributed by atoms with van der Waals surface area (Å²) < 4.78 is 24.8. The highest BCUT2D eigenvalue weighted by Gasteiger charge is 2.22. The molecule has 0 aliphatic carbocycles. The van der Waals surface area contributed by atoms with E-state index in [0.29, 0.717) is 23.8 Å². The predicted molar refractivity (Wildman–Crippen MR) is 76.5 cm³/mol. The van der Waals surface area contributed by atoms with E-state index < -0.39 is 10.0 Å². The van der Waals surface area contributed by atoms with E-state index in [1.807, 2.05) is 19.5 Å². The van der Waals surface area contributed by atoms with Crippen molar-refractivity contribution in [1.29, 1.82) is 0 Å². The van der Waals surface area contributed by atoms with Crippen molar-refractivity contribution in [3.63, 3.8) is 0 Å². The van der Waals surface area contributed by atoms with Gasteiger partial charge in [0.25, 0.3) is 10.0 Å². The maximum Gasteiger partial charge on any atom is 0.262 e. The molecule has 1 aromatic heterocycles. The molecule has 1 aliphatic heterocycles. The average molecular weight is 304 g/mol. The average Bonchev–Trinajstić information content (AvgIpc) is 2.82. The van der Waals surface area contributed by atoms with Gasteiger partial charge in [0.2, 0.25) is 0 Å². The fourth-order valence-corrected chi connectivity index (χ4v) is 4.22. The van der Waals surface area contributed by atoms with Gasteiger partial charge < -0.3 is 10.2 Å². The van der Waals surface area contributed by atoms with Crippen LogP contribution in [0.4, 0.5) is 0 Å². The van der Waals surface area contributed by atoms with Crippen LogP contribution in [0.25, 0.3) is 0 Å². The summed E-state index contributed by atoms with van der Waals surface area (Å²) in [5.41, 5.74) is 0.992. The lowest BCUT2D eigenvalue weighted by Crippen LogP contribution is -2.52. The molecule has 0 radical (unpaired) electrons. The highest BCUT2D eigenvalue weighted by molar-refractivity contribution is 7.91. The molecule has 6 nitrogen and oxygen atoms in total. The Morgan fingerprint density at radius 1 is 1.32 bits per heavy atom. The van der Waals surface area contributed by atoms with Gasteiger partial charge in [-0.2, -0.15) is 0 Å². The Bertz CT molecular complexity index is 507. The fourth-order valence-electron chi connectivity index (χ4n) is 1.90. The van der Waals surface area contributed by atoms with E-state index >= 15 is 0 Å². The first-order valence-electron chi connectivity index (χ1n) is 6.19. The Hall–Kier alpha value is -0.510. The van der Waals surface area contributed by atoms with Gasteiger partial charge in [-0.05, 0) is 31.1 Å². The molecule has 2 N–H and O–H groups in total. The van der Waals surface area contributed by atoms with Crippen LogP contribution in [0.15, 0.2) is 15.7 Å². The third-order valence-electron chi connectivity index (χ3n) is 3.03. The second-order valence-corrected chi connectivity index (χ2v) is 7.49. The van der Waals surface area contributed by atoms with Crippen molar-refractivity contribution in [3.05, 3.63) is 17.0 Å².